The number of hydrogen-bond acceptors (Lipinski definition) is 4. The van der Waals surface area contributed by atoms with Gasteiger partial charge < -0.3 is 11.1 Å². The lowest BCUT2D eigenvalue weighted by molar-refractivity contribution is 0.101. The number of ketones is 1. The molecule has 0 aromatic carbocycles. The highest BCUT2D eigenvalue weighted by Gasteiger charge is 2.03. The topological polar surface area (TPSA) is 79.8 Å². The van der Waals surface area contributed by atoms with E-state index >= 15 is 0 Å². The minimum atomic E-state index is -0.127. The second-order valence-corrected chi connectivity index (χ2v) is 2.37. The molecule has 0 fully saturated rings. The average molecular weight is 163 g/mol. The van der Waals surface area contributed by atoms with Crippen molar-refractivity contribution in [2.24, 2.45) is 0 Å². The number of aromatic nitrogens is 1. The summed E-state index contributed by atoms with van der Waals surface area (Å²) < 4.78 is 0. The van der Waals surface area contributed by atoms with Gasteiger partial charge in [0.25, 0.3) is 0 Å². The van der Waals surface area contributed by atoms with Gasteiger partial charge in [-0.2, -0.15) is 0 Å². The first-order chi connectivity index (χ1) is 5.65. The maximum Gasteiger partial charge on any atom is 0.178 e. The second kappa shape index (κ2) is 3.13. The third-order valence-corrected chi connectivity index (χ3v) is 1.47. The number of rotatable bonds is 2. The fourth-order valence-corrected chi connectivity index (χ4v) is 0.804. The number of nitrogens with two attached hydrogens (primary N) is 1. The molecular weight excluding hydrogens is 154 g/mol. The van der Waals surface area contributed by atoms with E-state index in [1.165, 1.54) is 6.92 Å². The first-order valence-corrected chi connectivity index (χ1v) is 3.43. The molecule has 0 spiro atoms. The fraction of sp³-hybridized carbons (Fsp3) is 0.125. The highest BCUT2D eigenvalue weighted by atomic mass is 16.1. The quantitative estimate of drug-likeness (QED) is 0.501. The van der Waals surface area contributed by atoms with Gasteiger partial charge in [0, 0.05) is 18.7 Å². The van der Waals surface area contributed by atoms with Crippen molar-refractivity contribution in [1.82, 2.24) is 4.98 Å². The molecule has 4 heteroatoms. The molecule has 0 aliphatic carbocycles. The van der Waals surface area contributed by atoms with Gasteiger partial charge in [-0.3, -0.25) is 4.79 Å². The van der Waals surface area contributed by atoms with Gasteiger partial charge in [-0.1, -0.05) is 0 Å². The molecular formula is C8H9N3O. The molecule has 1 heterocycles. The van der Waals surface area contributed by atoms with Crippen LogP contribution in [-0.4, -0.2) is 17.0 Å². The monoisotopic (exact) mass is 163 g/mol. The van der Waals surface area contributed by atoms with Crippen molar-refractivity contribution in [3.63, 3.8) is 0 Å². The van der Waals surface area contributed by atoms with Crippen molar-refractivity contribution in [1.29, 1.82) is 5.41 Å². The van der Waals surface area contributed by atoms with Crippen LogP contribution < -0.4 is 5.73 Å². The van der Waals surface area contributed by atoms with Gasteiger partial charge in [-0.15, -0.1) is 0 Å². The van der Waals surface area contributed by atoms with Crippen LogP contribution >= 0.6 is 0 Å². The van der Waals surface area contributed by atoms with Crippen LogP contribution in [-0.2, 0) is 0 Å². The normalized spacial score (nSPS) is 9.42. The van der Waals surface area contributed by atoms with Crippen molar-refractivity contribution >= 4 is 17.8 Å². The van der Waals surface area contributed by atoms with E-state index in [2.05, 4.69) is 4.98 Å². The van der Waals surface area contributed by atoms with Crippen LogP contribution in [0.4, 0.5) is 5.82 Å². The number of carbonyl (C=O) groups excluding carboxylic acids is 1. The Labute approximate surface area is 69.9 Å². The van der Waals surface area contributed by atoms with Crippen LogP contribution in [0.2, 0.25) is 0 Å². The van der Waals surface area contributed by atoms with Crippen LogP contribution in [0.5, 0.6) is 0 Å². The van der Waals surface area contributed by atoms with Gasteiger partial charge in [0.15, 0.2) is 5.78 Å². The number of hydrogen-bond donors (Lipinski definition) is 2. The van der Waals surface area contributed by atoms with Crippen molar-refractivity contribution in [2.75, 3.05) is 5.73 Å². The first-order valence-electron chi connectivity index (χ1n) is 3.43. The maximum absolute atomic E-state index is 10.8. The first kappa shape index (κ1) is 8.39. The van der Waals surface area contributed by atoms with Gasteiger partial charge >= 0.3 is 0 Å². The number of nitrogens with one attached hydrogen (secondary N) is 1. The molecule has 0 aliphatic rings. The number of carbonyl (C=O) groups is 1. The Bertz CT molecular complexity index is 333. The number of pyridine rings is 1. The molecule has 1 aromatic rings. The molecule has 1 aromatic heterocycles. The predicted octanol–water partition coefficient (Wildman–Crippen LogP) is 0.864. The van der Waals surface area contributed by atoms with E-state index in [0.717, 1.165) is 6.21 Å². The predicted molar refractivity (Wildman–Crippen MR) is 46.5 cm³/mol. The summed E-state index contributed by atoms with van der Waals surface area (Å²) in [5, 5.41) is 6.93. The summed E-state index contributed by atoms with van der Waals surface area (Å²) in [4.78, 5) is 14.6. The smallest absolute Gasteiger partial charge is 0.178 e. The SMILES string of the molecule is CC(=O)c1ccc(C=N)c(N)n1. The third-order valence-electron chi connectivity index (χ3n) is 1.47. The lowest BCUT2D eigenvalue weighted by Gasteiger charge is -1.99. The molecule has 0 atom stereocenters. The molecule has 0 radical (unpaired) electrons. The van der Waals surface area contributed by atoms with Crippen LogP contribution in [0.15, 0.2) is 12.1 Å². The molecule has 0 amide bonds. The largest absolute Gasteiger partial charge is 0.383 e. The minimum Gasteiger partial charge on any atom is -0.383 e. The van der Waals surface area contributed by atoms with E-state index < -0.39 is 0 Å². The van der Waals surface area contributed by atoms with Gasteiger partial charge in [0.2, 0.25) is 0 Å². The average Bonchev–Trinajstić information content (AvgIpc) is 2.04. The number of nitrogens with zero attached hydrogens (tertiary/aromatic N) is 1. The Morgan fingerprint density at radius 1 is 1.67 bits per heavy atom. The molecule has 0 bridgehead atoms. The molecule has 12 heavy (non-hydrogen) atoms. The van der Waals surface area contributed by atoms with Gasteiger partial charge in [-0.05, 0) is 12.1 Å². The van der Waals surface area contributed by atoms with E-state index in [-0.39, 0.29) is 11.6 Å². The van der Waals surface area contributed by atoms with Crippen molar-refractivity contribution in [3.8, 4) is 0 Å². The second-order valence-electron chi connectivity index (χ2n) is 2.37. The Kier molecular flexibility index (Phi) is 2.19. The standard InChI is InChI=1S/C8H9N3O/c1-5(12)7-3-2-6(4-9)8(10)11-7/h2-4,9H,1H3,(H2,10,11). The van der Waals surface area contributed by atoms with E-state index in [1.807, 2.05) is 0 Å². The summed E-state index contributed by atoms with van der Waals surface area (Å²) in [6.45, 7) is 1.42. The highest BCUT2D eigenvalue weighted by Crippen LogP contribution is 2.07. The molecule has 0 unspecified atom stereocenters. The summed E-state index contributed by atoms with van der Waals surface area (Å²) >= 11 is 0. The zero-order valence-corrected chi connectivity index (χ0v) is 6.66. The van der Waals surface area contributed by atoms with E-state index in [9.17, 15) is 4.79 Å². The molecule has 3 N–H and O–H groups in total. The summed E-state index contributed by atoms with van der Waals surface area (Å²) in [7, 11) is 0. The lowest BCUT2D eigenvalue weighted by atomic mass is 10.2. The Balaban J connectivity index is 3.18. The molecule has 62 valence electrons. The minimum absolute atomic E-state index is 0.127. The Morgan fingerprint density at radius 2 is 2.33 bits per heavy atom. The van der Waals surface area contributed by atoms with Gasteiger partial charge in [0.05, 0.1) is 0 Å². The van der Waals surface area contributed by atoms with E-state index in [4.69, 9.17) is 11.1 Å². The van der Waals surface area contributed by atoms with Gasteiger partial charge in [-0.25, -0.2) is 4.98 Å². The molecule has 1 rings (SSSR count). The van der Waals surface area contributed by atoms with Crippen molar-refractivity contribution < 1.29 is 4.79 Å². The molecule has 0 saturated carbocycles. The van der Waals surface area contributed by atoms with Gasteiger partial charge in [0.1, 0.15) is 11.5 Å². The van der Waals surface area contributed by atoms with Crippen molar-refractivity contribution in [2.45, 2.75) is 6.92 Å². The molecule has 0 aliphatic heterocycles. The number of anilines is 1. The van der Waals surface area contributed by atoms with Crippen LogP contribution in [0, 0.1) is 5.41 Å². The molecule has 0 saturated heterocycles. The van der Waals surface area contributed by atoms with Crippen LogP contribution in [0.1, 0.15) is 23.0 Å². The van der Waals surface area contributed by atoms with Crippen molar-refractivity contribution in [3.05, 3.63) is 23.4 Å². The zero-order chi connectivity index (χ0) is 9.14. The van der Waals surface area contributed by atoms with Crippen LogP contribution in [0.3, 0.4) is 0 Å². The maximum atomic E-state index is 10.8. The van der Waals surface area contributed by atoms with E-state index in [1.54, 1.807) is 12.1 Å². The Morgan fingerprint density at radius 3 is 2.75 bits per heavy atom. The summed E-state index contributed by atoms with van der Waals surface area (Å²) in [6, 6.07) is 3.16. The Hall–Kier alpha value is -1.71. The molecule has 4 nitrogen and oxygen atoms in total. The zero-order valence-electron chi connectivity index (χ0n) is 6.66. The number of Topliss-reactive ketones (excluding diaryl/α,β-unsaturated/α-hetero) is 1. The lowest BCUT2D eigenvalue weighted by Crippen LogP contribution is -2.03. The summed E-state index contributed by atoms with van der Waals surface area (Å²) in [5.41, 5.74) is 6.31. The number of nitrogen functional groups attached to an aromatic ring is 1. The third kappa shape index (κ3) is 1.47. The van der Waals surface area contributed by atoms with Crippen LogP contribution in [0.25, 0.3) is 0 Å². The van der Waals surface area contributed by atoms with E-state index in [0.29, 0.717) is 11.3 Å². The summed E-state index contributed by atoms with van der Waals surface area (Å²) in [5.74, 6) is 0.0935. The fourth-order valence-electron chi connectivity index (χ4n) is 0.804. The highest BCUT2D eigenvalue weighted by molar-refractivity contribution is 5.94. The summed E-state index contributed by atoms with van der Waals surface area (Å²) in [6.07, 6.45) is 1.10.